The molecule has 0 radical (unpaired) electrons. The summed E-state index contributed by atoms with van der Waals surface area (Å²) in [5, 5.41) is 3.25. The molecule has 1 aromatic rings. The number of benzene rings is 1. The maximum atomic E-state index is 11.7. The van der Waals surface area contributed by atoms with Gasteiger partial charge >= 0.3 is 5.97 Å². The van der Waals surface area contributed by atoms with Crippen LogP contribution in [0, 0.1) is 5.92 Å². The first-order valence-corrected chi connectivity index (χ1v) is 6.25. The van der Waals surface area contributed by atoms with E-state index in [9.17, 15) is 4.79 Å². The molecule has 0 aliphatic carbocycles. The predicted molar refractivity (Wildman–Crippen MR) is 68.0 cm³/mol. The van der Waals surface area contributed by atoms with Crippen LogP contribution in [0.5, 0.6) is 0 Å². The molecular weight excluding hydrogens is 230 g/mol. The van der Waals surface area contributed by atoms with Crippen molar-refractivity contribution in [2.24, 2.45) is 5.92 Å². The molecule has 2 atom stereocenters. The van der Waals surface area contributed by atoms with Crippen LogP contribution < -0.4 is 5.32 Å². The zero-order chi connectivity index (χ0) is 12.8. The third-order valence-corrected chi connectivity index (χ3v) is 3.24. The average Bonchev–Trinajstić information content (AvgIpc) is 2.45. The fourth-order valence-electron chi connectivity index (χ4n) is 2.20. The fraction of sp³-hybridized carbons (Fsp3) is 0.500. The minimum atomic E-state index is -0.172. The highest BCUT2D eigenvalue weighted by atomic mass is 16.5. The first-order chi connectivity index (χ1) is 8.81. The molecule has 1 heterocycles. The van der Waals surface area contributed by atoms with Crippen LogP contribution in [0.15, 0.2) is 30.3 Å². The SMILES string of the molecule is COC(=O)C1CCNCC1OCc1ccccc1. The van der Waals surface area contributed by atoms with Crippen LogP contribution in [0.25, 0.3) is 0 Å². The number of hydrogen-bond acceptors (Lipinski definition) is 4. The quantitative estimate of drug-likeness (QED) is 0.818. The monoisotopic (exact) mass is 249 g/mol. The lowest BCUT2D eigenvalue weighted by atomic mass is 9.95. The van der Waals surface area contributed by atoms with Crippen molar-refractivity contribution < 1.29 is 14.3 Å². The molecule has 98 valence electrons. The first-order valence-electron chi connectivity index (χ1n) is 6.25. The highest BCUT2D eigenvalue weighted by molar-refractivity contribution is 5.73. The number of esters is 1. The first kappa shape index (κ1) is 13.1. The topological polar surface area (TPSA) is 47.6 Å². The molecule has 1 aliphatic heterocycles. The Morgan fingerprint density at radius 2 is 2.17 bits per heavy atom. The minimum absolute atomic E-state index is 0.105. The highest BCUT2D eigenvalue weighted by Gasteiger charge is 2.32. The van der Waals surface area contributed by atoms with Gasteiger partial charge < -0.3 is 14.8 Å². The van der Waals surface area contributed by atoms with Crippen molar-refractivity contribution in [2.75, 3.05) is 20.2 Å². The second-order valence-corrected chi connectivity index (χ2v) is 4.46. The van der Waals surface area contributed by atoms with Gasteiger partial charge in [0.25, 0.3) is 0 Å². The normalized spacial score (nSPS) is 23.6. The number of hydrogen-bond donors (Lipinski definition) is 1. The Kier molecular flexibility index (Phi) is 4.73. The summed E-state index contributed by atoms with van der Waals surface area (Å²) < 4.78 is 10.7. The van der Waals surface area contributed by atoms with E-state index in [1.165, 1.54) is 7.11 Å². The van der Waals surface area contributed by atoms with Gasteiger partial charge in [-0.05, 0) is 18.5 Å². The Hall–Kier alpha value is -1.39. The van der Waals surface area contributed by atoms with E-state index in [-0.39, 0.29) is 18.0 Å². The Labute approximate surface area is 107 Å². The van der Waals surface area contributed by atoms with Crippen LogP contribution in [0.3, 0.4) is 0 Å². The lowest BCUT2D eigenvalue weighted by molar-refractivity contribution is -0.153. The van der Waals surface area contributed by atoms with Crippen LogP contribution in [0.1, 0.15) is 12.0 Å². The number of piperidine rings is 1. The predicted octanol–water partition coefficient (Wildman–Crippen LogP) is 1.35. The van der Waals surface area contributed by atoms with Gasteiger partial charge in [-0.2, -0.15) is 0 Å². The van der Waals surface area contributed by atoms with Crippen molar-refractivity contribution >= 4 is 5.97 Å². The maximum absolute atomic E-state index is 11.7. The van der Waals surface area contributed by atoms with Gasteiger partial charge in [0.05, 0.1) is 25.7 Å². The number of methoxy groups -OCH3 is 1. The summed E-state index contributed by atoms with van der Waals surface area (Å²) in [6, 6.07) is 9.97. The second kappa shape index (κ2) is 6.52. The number of rotatable bonds is 4. The van der Waals surface area contributed by atoms with Gasteiger partial charge in [0.1, 0.15) is 0 Å². The van der Waals surface area contributed by atoms with E-state index in [0.29, 0.717) is 13.2 Å². The molecule has 0 bridgehead atoms. The third-order valence-electron chi connectivity index (χ3n) is 3.24. The van der Waals surface area contributed by atoms with E-state index in [2.05, 4.69) is 5.32 Å². The minimum Gasteiger partial charge on any atom is -0.469 e. The van der Waals surface area contributed by atoms with Crippen molar-refractivity contribution in [3.05, 3.63) is 35.9 Å². The molecule has 1 saturated heterocycles. The smallest absolute Gasteiger partial charge is 0.311 e. The summed E-state index contributed by atoms with van der Waals surface area (Å²) in [5.74, 6) is -0.325. The summed E-state index contributed by atoms with van der Waals surface area (Å²) in [4.78, 5) is 11.7. The second-order valence-electron chi connectivity index (χ2n) is 4.46. The molecule has 1 fully saturated rings. The molecule has 1 aromatic carbocycles. The van der Waals surface area contributed by atoms with E-state index in [1.54, 1.807) is 0 Å². The molecule has 2 unspecified atom stereocenters. The van der Waals surface area contributed by atoms with E-state index >= 15 is 0 Å². The zero-order valence-electron chi connectivity index (χ0n) is 10.6. The summed E-state index contributed by atoms with van der Waals surface area (Å²) in [7, 11) is 1.43. The summed E-state index contributed by atoms with van der Waals surface area (Å²) in [6.45, 7) is 2.07. The molecule has 4 heteroatoms. The lowest BCUT2D eigenvalue weighted by Gasteiger charge is -2.30. The van der Waals surface area contributed by atoms with Gasteiger partial charge in [-0.15, -0.1) is 0 Å². The molecule has 0 saturated carbocycles. The van der Waals surface area contributed by atoms with Gasteiger partial charge in [0.2, 0.25) is 0 Å². The van der Waals surface area contributed by atoms with Gasteiger partial charge in [0.15, 0.2) is 0 Å². The van der Waals surface area contributed by atoms with Crippen LogP contribution in [0.2, 0.25) is 0 Å². The largest absolute Gasteiger partial charge is 0.469 e. The Bertz CT molecular complexity index is 380. The molecule has 1 aliphatic rings. The summed E-state index contributed by atoms with van der Waals surface area (Å²) in [5.41, 5.74) is 1.12. The number of carbonyl (C=O) groups excluding carboxylic acids is 1. The summed E-state index contributed by atoms with van der Waals surface area (Å²) >= 11 is 0. The van der Waals surface area contributed by atoms with Crippen LogP contribution >= 0.6 is 0 Å². The lowest BCUT2D eigenvalue weighted by Crippen LogP contribution is -2.45. The van der Waals surface area contributed by atoms with E-state index in [1.807, 2.05) is 30.3 Å². The van der Waals surface area contributed by atoms with E-state index in [4.69, 9.17) is 9.47 Å². The van der Waals surface area contributed by atoms with E-state index in [0.717, 1.165) is 18.5 Å². The standard InChI is InChI=1S/C14H19NO3/c1-17-14(16)12-7-8-15-9-13(12)18-10-11-5-3-2-4-6-11/h2-6,12-13,15H,7-10H2,1H3. The highest BCUT2D eigenvalue weighted by Crippen LogP contribution is 2.18. The van der Waals surface area contributed by atoms with Gasteiger partial charge in [-0.25, -0.2) is 0 Å². The van der Waals surface area contributed by atoms with Crippen molar-refractivity contribution in [1.82, 2.24) is 5.32 Å². The molecule has 0 spiro atoms. The van der Waals surface area contributed by atoms with Crippen molar-refractivity contribution in [3.8, 4) is 0 Å². The molecule has 18 heavy (non-hydrogen) atoms. The molecule has 0 aromatic heterocycles. The Morgan fingerprint density at radius 3 is 2.89 bits per heavy atom. The van der Waals surface area contributed by atoms with Crippen molar-refractivity contribution in [3.63, 3.8) is 0 Å². The maximum Gasteiger partial charge on any atom is 0.311 e. The summed E-state index contributed by atoms with van der Waals surface area (Å²) in [6.07, 6.45) is 0.665. The van der Waals surface area contributed by atoms with Crippen LogP contribution in [-0.4, -0.2) is 32.3 Å². The third kappa shape index (κ3) is 3.31. The van der Waals surface area contributed by atoms with Gasteiger partial charge in [-0.3, -0.25) is 4.79 Å². The molecule has 4 nitrogen and oxygen atoms in total. The molecular formula is C14H19NO3. The molecule has 2 rings (SSSR count). The Balaban J connectivity index is 1.91. The van der Waals surface area contributed by atoms with Gasteiger partial charge in [-0.1, -0.05) is 30.3 Å². The Morgan fingerprint density at radius 1 is 1.39 bits per heavy atom. The van der Waals surface area contributed by atoms with Crippen LogP contribution in [-0.2, 0) is 20.9 Å². The van der Waals surface area contributed by atoms with Gasteiger partial charge in [0, 0.05) is 6.54 Å². The number of carbonyl (C=O) groups is 1. The molecule has 0 amide bonds. The zero-order valence-corrected chi connectivity index (χ0v) is 10.6. The van der Waals surface area contributed by atoms with E-state index < -0.39 is 0 Å². The van der Waals surface area contributed by atoms with Crippen molar-refractivity contribution in [2.45, 2.75) is 19.1 Å². The average molecular weight is 249 g/mol. The number of ether oxygens (including phenoxy) is 2. The number of nitrogens with one attached hydrogen (secondary N) is 1. The molecule has 1 N–H and O–H groups in total. The fourth-order valence-corrected chi connectivity index (χ4v) is 2.20. The van der Waals surface area contributed by atoms with Crippen LogP contribution in [0.4, 0.5) is 0 Å². The van der Waals surface area contributed by atoms with Crippen molar-refractivity contribution in [1.29, 1.82) is 0 Å².